The average Bonchev–Trinajstić information content (AvgIpc) is 2.92. The fourth-order valence-corrected chi connectivity index (χ4v) is 6.22. The molecule has 6 nitrogen and oxygen atoms in total. The van der Waals surface area contributed by atoms with Gasteiger partial charge in [-0.05, 0) is 67.1 Å². The summed E-state index contributed by atoms with van der Waals surface area (Å²) in [4.78, 5) is 29.8. The van der Waals surface area contributed by atoms with Crippen LogP contribution in [0.1, 0.15) is 59.1 Å². The molecular formula is C30H31Cl2N3O3. The first kappa shape index (κ1) is 26.5. The largest absolute Gasteiger partial charge is 0.393 e. The van der Waals surface area contributed by atoms with Crippen LogP contribution < -0.4 is 10.6 Å². The number of nitrogens with one attached hydrogen (secondary N) is 2. The van der Waals surface area contributed by atoms with Crippen molar-refractivity contribution in [3.8, 4) is 0 Å². The molecule has 0 spiro atoms. The van der Waals surface area contributed by atoms with Gasteiger partial charge in [-0.1, -0.05) is 65.7 Å². The van der Waals surface area contributed by atoms with Crippen LogP contribution in [0.3, 0.4) is 0 Å². The van der Waals surface area contributed by atoms with E-state index in [0.29, 0.717) is 65.5 Å². The van der Waals surface area contributed by atoms with E-state index >= 15 is 0 Å². The van der Waals surface area contributed by atoms with Gasteiger partial charge in [0.1, 0.15) is 0 Å². The number of hydrogen-bond acceptors (Lipinski definition) is 4. The summed E-state index contributed by atoms with van der Waals surface area (Å²) in [5, 5.41) is 17.4. The van der Waals surface area contributed by atoms with Gasteiger partial charge in [0.05, 0.1) is 18.1 Å². The first-order valence-electron chi connectivity index (χ1n) is 13.0. The summed E-state index contributed by atoms with van der Waals surface area (Å²) in [5.41, 5.74) is 2.89. The smallest absolute Gasteiger partial charge is 0.254 e. The van der Waals surface area contributed by atoms with E-state index in [0.717, 1.165) is 5.69 Å². The Bertz CT molecular complexity index is 1290. The molecular weight excluding hydrogens is 521 g/mol. The fraction of sp³-hybridized carbons (Fsp3) is 0.333. The Kier molecular flexibility index (Phi) is 8.22. The van der Waals surface area contributed by atoms with Crippen LogP contribution in [0.2, 0.25) is 10.0 Å². The Morgan fingerprint density at radius 3 is 2.34 bits per heavy atom. The zero-order valence-electron chi connectivity index (χ0n) is 20.9. The predicted molar refractivity (Wildman–Crippen MR) is 151 cm³/mol. The summed E-state index contributed by atoms with van der Waals surface area (Å²) in [6.07, 6.45) is 2.17. The maximum atomic E-state index is 14.0. The second-order valence-electron chi connectivity index (χ2n) is 9.93. The second kappa shape index (κ2) is 11.8. The molecule has 2 aliphatic rings. The molecule has 1 aliphatic carbocycles. The molecule has 1 heterocycles. The lowest BCUT2D eigenvalue weighted by Crippen LogP contribution is -2.52. The topological polar surface area (TPSA) is 81.7 Å². The molecule has 0 aromatic heterocycles. The molecule has 0 unspecified atom stereocenters. The van der Waals surface area contributed by atoms with Gasteiger partial charge < -0.3 is 20.6 Å². The second-order valence-corrected chi connectivity index (χ2v) is 10.8. The minimum absolute atomic E-state index is 0.118. The van der Waals surface area contributed by atoms with Crippen molar-refractivity contribution in [1.29, 1.82) is 0 Å². The number of aliphatic hydroxyl groups excluding tert-OH is 1. The molecule has 5 rings (SSSR count). The molecule has 1 aliphatic heterocycles. The maximum absolute atomic E-state index is 14.0. The Morgan fingerprint density at radius 1 is 0.895 bits per heavy atom. The van der Waals surface area contributed by atoms with Crippen molar-refractivity contribution in [1.82, 2.24) is 10.2 Å². The minimum atomic E-state index is -0.661. The molecule has 8 heteroatoms. The molecule has 0 radical (unpaired) electrons. The highest BCUT2D eigenvalue weighted by atomic mass is 35.5. The van der Waals surface area contributed by atoms with E-state index in [1.54, 1.807) is 18.2 Å². The van der Waals surface area contributed by atoms with Gasteiger partial charge in [0.25, 0.3) is 5.91 Å². The molecule has 3 aromatic rings. The van der Waals surface area contributed by atoms with Crippen molar-refractivity contribution in [3.05, 3.63) is 99.5 Å². The summed E-state index contributed by atoms with van der Waals surface area (Å²) in [6, 6.07) is 21.6. The van der Waals surface area contributed by atoms with Crippen LogP contribution in [0.25, 0.3) is 0 Å². The van der Waals surface area contributed by atoms with Crippen LogP contribution in [0, 0.1) is 0 Å². The number of rotatable bonds is 7. The molecule has 0 bridgehead atoms. The quantitative estimate of drug-likeness (QED) is 0.324. The zero-order valence-corrected chi connectivity index (χ0v) is 22.5. The molecule has 2 amide bonds. The van der Waals surface area contributed by atoms with E-state index < -0.39 is 12.0 Å². The van der Waals surface area contributed by atoms with Crippen molar-refractivity contribution in [3.63, 3.8) is 0 Å². The number of aliphatic hydroxyl groups is 1. The van der Waals surface area contributed by atoms with Crippen molar-refractivity contribution >= 4 is 40.7 Å². The Morgan fingerprint density at radius 2 is 1.61 bits per heavy atom. The van der Waals surface area contributed by atoms with E-state index in [4.69, 9.17) is 23.2 Å². The van der Waals surface area contributed by atoms with Crippen LogP contribution in [0.4, 0.5) is 5.69 Å². The Balaban J connectivity index is 1.50. The van der Waals surface area contributed by atoms with Gasteiger partial charge in [-0.15, -0.1) is 0 Å². The third kappa shape index (κ3) is 5.53. The van der Waals surface area contributed by atoms with Gasteiger partial charge >= 0.3 is 0 Å². The average molecular weight is 553 g/mol. The fourth-order valence-electron chi connectivity index (χ4n) is 5.70. The lowest BCUT2D eigenvalue weighted by atomic mass is 9.77. The van der Waals surface area contributed by atoms with Crippen LogP contribution in [0.5, 0.6) is 0 Å². The number of hydrogen-bond donors (Lipinski definition) is 3. The number of para-hydroxylation sites is 1. The first-order valence-corrected chi connectivity index (χ1v) is 13.8. The third-order valence-electron chi connectivity index (χ3n) is 7.53. The van der Waals surface area contributed by atoms with E-state index in [9.17, 15) is 14.7 Å². The summed E-state index contributed by atoms with van der Waals surface area (Å²) in [6.45, 7) is 0.969. The standard InChI is InChI=1S/C30H31Cl2N3O3/c31-19-10-15-25(26(32)18-19)28-27(29(37)34-17-16-33-20-6-2-1-3-7-20)23-8-4-5-9-24(23)30(38)35(28)21-11-13-22(36)14-12-21/h1-10,15,18,21-22,27-28,33,36H,11-14,16-17H2,(H,34,37)/t21?,22?,27-,28+/m1/s1. The van der Waals surface area contributed by atoms with Crippen LogP contribution >= 0.6 is 23.2 Å². The number of carbonyl (C=O) groups excluding carboxylic acids is 2. The van der Waals surface area contributed by atoms with Gasteiger partial charge in [-0.2, -0.15) is 0 Å². The number of benzene rings is 3. The van der Waals surface area contributed by atoms with Crippen molar-refractivity contribution in [2.75, 3.05) is 18.4 Å². The molecule has 38 heavy (non-hydrogen) atoms. The molecule has 1 saturated carbocycles. The number of fused-ring (bicyclic) bond motifs is 1. The minimum Gasteiger partial charge on any atom is -0.393 e. The van der Waals surface area contributed by atoms with E-state index in [-0.39, 0.29) is 24.0 Å². The number of amides is 2. The number of halogens is 2. The third-order valence-corrected chi connectivity index (χ3v) is 8.09. The Labute approximate surface area is 232 Å². The molecule has 2 atom stereocenters. The normalized spacial score (nSPS) is 23.0. The van der Waals surface area contributed by atoms with E-state index in [2.05, 4.69) is 10.6 Å². The summed E-state index contributed by atoms with van der Waals surface area (Å²) >= 11 is 12.9. The molecule has 3 N–H and O–H groups in total. The Hall–Kier alpha value is -3.06. The SMILES string of the molecule is O=C(NCCNc1ccccc1)[C@@H]1c2ccccc2C(=O)N(C2CCC(O)CC2)[C@H]1c1ccc(Cl)cc1Cl. The lowest BCUT2D eigenvalue weighted by Gasteiger charge is -2.47. The van der Waals surface area contributed by atoms with Gasteiger partial charge in [-0.3, -0.25) is 9.59 Å². The summed E-state index contributed by atoms with van der Waals surface area (Å²) < 4.78 is 0. The molecule has 198 valence electrons. The maximum Gasteiger partial charge on any atom is 0.254 e. The van der Waals surface area contributed by atoms with Crippen LogP contribution in [-0.2, 0) is 4.79 Å². The van der Waals surface area contributed by atoms with Crippen molar-refractivity contribution in [2.45, 2.75) is 49.8 Å². The zero-order chi connectivity index (χ0) is 26.6. The van der Waals surface area contributed by atoms with E-state index in [1.165, 1.54) is 0 Å². The first-order chi connectivity index (χ1) is 18.4. The van der Waals surface area contributed by atoms with E-state index in [1.807, 2.05) is 59.5 Å². The highest BCUT2D eigenvalue weighted by Gasteiger charge is 2.47. The number of nitrogens with zero attached hydrogens (tertiary/aromatic N) is 1. The predicted octanol–water partition coefficient (Wildman–Crippen LogP) is 5.81. The van der Waals surface area contributed by atoms with Gasteiger partial charge in [0, 0.05) is 40.4 Å². The van der Waals surface area contributed by atoms with Crippen molar-refractivity contribution < 1.29 is 14.7 Å². The highest BCUT2D eigenvalue weighted by molar-refractivity contribution is 6.35. The van der Waals surface area contributed by atoms with Gasteiger partial charge in [0.15, 0.2) is 0 Å². The van der Waals surface area contributed by atoms with Crippen molar-refractivity contribution in [2.24, 2.45) is 0 Å². The lowest BCUT2D eigenvalue weighted by molar-refractivity contribution is -0.124. The number of anilines is 1. The highest BCUT2D eigenvalue weighted by Crippen LogP contribution is 2.47. The van der Waals surface area contributed by atoms with Gasteiger partial charge in [-0.25, -0.2) is 0 Å². The summed E-state index contributed by atoms with van der Waals surface area (Å²) in [7, 11) is 0. The molecule has 0 saturated heterocycles. The molecule has 3 aromatic carbocycles. The monoisotopic (exact) mass is 551 g/mol. The number of carbonyl (C=O) groups is 2. The van der Waals surface area contributed by atoms with Gasteiger partial charge in [0.2, 0.25) is 5.91 Å². The van der Waals surface area contributed by atoms with Crippen LogP contribution in [0.15, 0.2) is 72.8 Å². The summed E-state index contributed by atoms with van der Waals surface area (Å²) in [5.74, 6) is -0.948. The molecule has 1 fully saturated rings. The van der Waals surface area contributed by atoms with Crippen LogP contribution in [-0.4, -0.2) is 47.1 Å².